The molecule has 2 aromatic heterocycles. The van der Waals surface area contributed by atoms with Gasteiger partial charge in [0.25, 0.3) is 5.56 Å². The van der Waals surface area contributed by atoms with Crippen LogP contribution in [0, 0.1) is 0 Å². The molecule has 0 fully saturated rings. The van der Waals surface area contributed by atoms with Crippen molar-refractivity contribution >= 4 is 38.3 Å². The molecule has 0 saturated carbocycles. The third-order valence-corrected chi connectivity index (χ3v) is 5.21. The van der Waals surface area contributed by atoms with Crippen LogP contribution in [0.25, 0.3) is 21.0 Å². The minimum atomic E-state index is -0.995. The summed E-state index contributed by atoms with van der Waals surface area (Å²) >= 11 is 1.46. The molecule has 1 N–H and O–H groups in total. The van der Waals surface area contributed by atoms with Gasteiger partial charge in [-0.25, -0.2) is 9.67 Å². The van der Waals surface area contributed by atoms with Crippen molar-refractivity contribution in [2.24, 2.45) is 0 Å². The van der Waals surface area contributed by atoms with E-state index >= 15 is 0 Å². The quantitative estimate of drug-likeness (QED) is 0.571. The molecule has 0 amide bonds. The van der Waals surface area contributed by atoms with E-state index in [0.29, 0.717) is 27.2 Å². The van der Waals surface area contributed by atoms with Gasteiger partial charge in [-0.1, -0.05) is 18.2 Å². The molecule has 0 radical (unpaired) electrons. The molecule has 2 aromatic carbocycles. The van der Waals surface area contributed by atoms with E-state index in [1.54, 1.807) is 31.4 Å². The lowest BCUT2D eigenvalue weighted by Crippen LogP contribution is -2.26. The zero-order chi connectivity index (χ0) is 19.0. The number of benzene rings is 2. The van der Waals surface area contributed by atoms with Crippen LogP contribution in [-0.2, 0) is 17.8 Å². The second-order valence-electron chi connectivity index (χ2n) is 5.97. The van der Waals surface area contributed by atoms with Crippen molar-refractivity contribution in [2.75, 3.05) is 7.11 Å². The first-order chi connectivity index (χ1) is 13.0. The molecule has 27 heavy (non-hydrogen) atoms. The number of carbonyl (C=O) groups is 1. The number of nitrogens with zero attached hydrogens (tertiary/aromatic N) is 3. The van der Waals surface area contributed by atoms with E-state index in [1.165, 1.54) is 16.0 Å². The van der Waals surface area contributed by atoms with E-state index in [2.05, 4.69) is 10.1 Å². The highest BCUT2D eigenvalue weighted by atomic mass is 32.1. The number of carboxylic acid groups (broad SMARTS) is 1. The Kier molecular flexibility index (Phi) is 4.33. The first kappa shape index (κ1) is 17.2. The first-order valence-corrected chi connectivity index (χ1v) is 9.01. The minimum absolute atomic E-state index is 0.179. The molecule has 0 atom stereocenters. The summed E-state index contributed by atoms with van der Waals surface area (Å²) in [5, 5.41) is 15.2. The van der Waals surface area contributed by atoms with Crippen LogP contribution in [0.1, 0.15) is 10.7 Å². The fourth-order valence-electron chi connectivity index (χ4n) is 2.96. The Morgan fingerprint density at radius 1 is 1.22 bits per heavy atom. The monoisotopic (exact) mass is 381 g/mol. The topological polar surface area (TPSA) is 94.3 Å². The third kappa shape index (κ3) is 3.26. The molecule has 0 aliphatic rings. The van der Waals surface area contributed by atoms with Gasteiger partial charge in [-0.15, -0.1) is 11.3 Å². The summed E-state index contributed by atoms with van der Waals surface area (Å²) in [4.78, 5) is 28.5. The molecular formula is C19H15N3O4S. The summed E-state index contributed by atoms with van der Waals surface area (Å²) in [6.07, 6.45) is -0.252. The van der Waals surface area contributed by atoms with Gasteiger partial charge >= 0.3 is 5.97 Å². The average Bonchev–Trinajstić information content (AvgIpc) is 3.06. The lowest BCUT2D eigenvalue weighted by atomic mass is 10.1. The maximum Gasteiger partial charge on any atom is 0.309 e. The smallest absolute Gasteiger partial charge is 0.309 e. The van der Waals surface area contributed by atoms with Crippen molar-refractivity contribution in [3.05, 3.63) is 63.5 Å². The lowest BCUT2D eigenvalue weighted by Gasteiger charge is -2.08. The number of rotatable bonds is 5. The van der Waals surface area contributed by atoms with Gasteiger partial charge in [0.2, 0.25) is 0 Å². The maximum absolute atomic E-state index is 12.8. The van der Waals surface area contributed by atoms with Crippen LogP contribution in [0.4, 0.5) is 0 Å². The van der Waals surface area contributed by atoms with Crippen molar-refractivity contribution in [3.63, 3.8) is 0 Å². The van der Waals surface area contributed by atoms with Gasteiger partial charge in [-0.3, -0.25) is 9.59 Å². The normalized spacial score (nSPS) is 11.1. The first-order valence-electron chi connectivity index (χ1n) is 8.19. The Bertz CT molecular complexity index is 1230. The van der Waals surface area contributed by atoms with Crippen molar-refractivity contribution in [3.8, 4) is 5.75 Å². The molecule has 0 saturated heterocycles. The van der Waals surface area contributed by atoms with E-state index in [4.69, 9.17) is 4.74 Å². The Labute approximate surface area is 157 Å². The van der Waals surface area contributed by atoms with Crippen molar-refractivity contribution in [1.29, 1.82) is 0 Å². The standard InChI is InChI=1S/C19H15N3O4S/c1-26-11-6-7-16-15(8-11)20-17(27-16)10-22-19(25)13-5-3-2-4-12(13)14(21-22)9-18(23)24/h2-8H,9-10H2,1H3,(H,23,24). The summed E-state index contributed by atoms with van der Waals surface area (Å²) in [6, 6.07) is 12.5. The molecule has 7 nitrogen and oxygen atoms in total. The van der Waals surface area contributed by atoms with E-state index in [1.807, 2.05) is 18.2 Å². The Balaban J connectivity index is 1.80. The highest BCUT2D eigenvalue weighted by molar-refractivity contribution is 7.18. The zero-order valence-electron chi connectivity index (χ0n) is 14.4. The number of aliphatic carboxylic acids is 1. The maximum atomic E-state index is 12.8. The third-order valence-electron chi connectivity index (χ3n) is 4.19. The second-order valence-corrected chi connectivity index (χ2v) is 7.08. The summed E-state index contributed by atoms with van der Waals surface area (Å²) < 4.78 is 7.48. The Morgan fingerprint density at radius 3 is 2.74 bits per heavy atom. The predicted octanol–water partition coefficient (Wildman–Crippen LogP) is 2.69. The molecule has 0 aliphatic carbocycles. The van der Waals surface area contributed by atoms with Crippen LogP contribution in [0.2, 0.25) is 0 Å². The molecule has 2 heterocycles. The van der Waals surface area contributed by atoms with Crippen LogP contribution < -0.4 is 10.3 Å². The largest absolute Gasteiger partial charge is 0.497 e. The van der Waals surface area contributed by atoms with Crippen LogP contribution >= 0.6 is 11.3 Å². The van der Waals surface area contributed by atoms with Gasteiger partial charge in [0, 0.05) is 11.5 Å². The van der Waals surface area contributed by atoms with E-state index in [0.717, 1.165) is 10.2 Å². The minimum Gasteiger partial charge on any atom is -0.497 e. The summed E-state index contributed by atoms with van der Waals surface area (Å²) in [5.41, 5.74) is 0.881. The van der Waals surface area contributed by atoms with Gasteiger partial charge < -0.3 is 9.84 Å². The van der Waals surface area contributed by atoms with Crippen molar-refractivity contribution < 1.29 is 14.6 Å². The van der Waals surface area contributed by atoms with Crippen LogP contribution in [-0.4, -0.2) is 33.0 Å². The number of aromatic nitrogens is 3. The number of ether oxygens (including phenoxy) is 1. The van der Waals surface area contributed by atoms with Gasteiger partial charge in [0.15, 0.2) is 0 Å². The second kappa shape index (κ2) is 6.81. The molecule has 4 rings (SSSR count). The van der Waals surface area contributed by atoms with Gasteiger partial charge in [0.05, 0.1) is 41.4 Å². The molecule has 0 bridgehead atoms. The number of carboxylic acids is 1. The lowest BCUT2D eigenvalue weighted by molar-refractivity contribution is -0.136. The molecule has 136 valence electrons. The van der Waals surface area contributed by atoms with Gasteiger partial charge in [-0.2, -0.15) is 5.10 Å². The number of thiazole rings is 1. The molecule has 0 aliphatic heterocycles. The fourth-order valence-corrected chi connectivity index (χ4v) is 3.89. The van der Waals surface area contributed by atoms with E-state index < -0.39 is 5.97 Å². The van der Waals surface area contributed by atoms with Crippen molar-refractivity contribution in [2.45, 2.75) is 13.0 Å². The zero-order valence-corrected chi connectivity index (χ0v) is 15.2. The molecular weight excluding hydrogens is 366 g/mol. The predicted molar refractivity (Wildman–Crippen MR) is 103 cm³/mol. The number of hydrogen-bond acceptors (Lipinski definition) is 6. The SMILES string of the molecule is COc1ccc2sc(Cn3nc(CC(=O)O)c4ccccc4c3=O)nc2c1. The van der Waals surface area contributed by atoms with Crippen molar-refractivity contribution in [1.82, 2.24) is 14.8 Å². The number of fused-ring (bicyclic) bond motifs is 2. The van der Waals surface area contributed by atoms with Gasteiger partial charge in [0.1, 0.15) is 10.8 Å². The number of hydrogen-bond donors (Lipinski definition) is 1. The summed E-state index contributed by atoms with van der Waals surface area (Å²) in [6.45, 7) is 0.179. The number of methoxy groups -OCH3 is 1. The van der Waals surface area contributed by atoms with E-state index in [-0.39, 0.29) is 18.5 Å². The van der Waals surface area contributed by atoms with Crippen LogP contribution in [0.3, 0.4) is 0 Å². The van der Waals surface area contributed by atoms with Gasteiger partial charge in [-0.05, 0) is 18.2 Å². The summed E-state index contributed by atoms with van der Waals surface area (Å²) in [7, 11) is 1.59. The molecule has 8 heteroatoms. The highest BCUT2D eigenvalue weighted by Crippen LogP contribution is 2.26. The van der Waals surface area contributed by atoms with Crippen LogP contribution in [0.5, 0.6) is 5.75 Å². The summed E-state index contributed by atoms with van der Waals surface area (Å²) in [5.74, 6) is -0.283. The highest BCUT2D eigenvalue weighted by Gasteiger charge is 2.14. The van der Waals surface area contributed by atoms with E-state index in [9.17, 15) is 14.7 Å². The fraction of sp³-hybridized carbons (Fsp3) is 0.158. The van der Waals surface area contributed by atoms with Crippen LogP contribution in [0.15, 0.2) is 47.3 Å². The molecule has 0 unspecified atom stereocenters. The molecule has 0 spiro atoms. The average molecular weight is 381 g/mol. The Morgan fingerprint density at radius 2 is 2.00 bits per heavy atom. The molecule has 4 aromatic rings. The Hall–Kier alpha value is -3.26.